The number of piperidine rings is 1. The summed E-state index contributed by atoms with van der Waals surface area (Å²) in [5, 5.41) is 0. The second kappa shape index (κ2) is 9.35. The maximum atomic E-state index is 13.0. The molecule has 4 rings (SSSR count). The van der Waals surface area contributed by atoms with E-state index in [4.69, 9.17) is 0 Å². The standard InChI is InChI=1S/C23H29F3N4/c24-23(25,26)19-5-3-7-21(17-19)29-13-15-30(16-14-29)22-8-4-11-28(18-22)12-9-20-6-1-2-10-27-20/h1-3,5-7,10,17,22H,4,8-9,11-16,18H2/t22-/m1/s1. The Morgan fingerprint density at radius 1 is 0.967 bits per heavy atom. The molecule has 30 heavy (non-hydrogen) atoms. The second-order valence-corrected chi connectivity index (χ2v) is 8.24. The molecule has 0 aliphatic carbocycles. The zero-order valence-corrected chi connectivity index (χ0v) is 17.2. The number of hydrogen-bond donors (Lipinski definition) is 0. The molecule has 0 unspecified atom stereocenters. The van der Waals surface area contributed by atoms with Crippen molar-refractivity contribution in [1.29, 1.82) is 0 Å². The summed E-state index contributed by atoms with van der Waals surface area (Å²) >= 11 is 0. The fraction of sp³-hybridized carbons (Fsp3) is 0.522. The molecule has 0 spiro atoms. The van der Waals surface area contributed by atoms with Gasteiger partial charge in [-0.2, -0.15) is 13.2 Å². The summed E-state index contributed by atoms with van der Waals surface area (Å²) in [6.07, 6.45) is 0.915. The molecule has 7 heteroatoms. The van der Waals surface area contributed by atoms with Crippen LogP contribution in [0.3, 0.4) is 0 Å². The van der Waals surface area contributed by atoms with Crippen LogP contribution in [-0.2, 0) is 12.6 Å². The van der Waals surface area contributed by atoms with Crippen molar-refractivity contribution in [2.45, 2.75) is 31.5 Å². The SMILES string of the molecule is FC(F)(F)c1cccc(N2CCN([C@@H]3CCCN(CCc4ccccn4)C3)CC2)c1. The van der Waals surface area contributed by atoms with Crippen LogP contribution in [0.5, 0.6) is 0 Å². The summed E-state index contributed by atoms with van der Waals surface area (Å²) < 4.78 is 39.0. The van der Waals surface area contributed by atoms with E-state index in [1.807, 2.05) is 18.3 Å². The van der Waals surface area contributed by atoms with Crippen LogP contribution >= 0.6 is 0 Å². The average molecular weight is 419 g/mol. The van der Waals surface area contributed by atoms with Crippen LogP contribution in [0.15, 0.2) is 48.7 Å². The molecule has 0 amide bonds. The zero-order valence-electron chi connectivity index (χ0n) is 17.2. The Balaban J connectivity index is 1.28. The Bertz CT molecular complexity index is 804. The van der Waals surface area contributed by atoms with Gasteiger partial charge in [-0.15, -0.1) is 0 Å². The van der Waals surface area contributed by atoms with Gasteiger partial charge < -0.3 is 9.80 Å². The minimum absolute atomic E-state index is 0.533. The molecular formula is C23H29F3N4. The molecule has 2 aliphatic rings. The monoisotopic (exact) mass is 418 g/mol. The van der Waals surface area contributed by atoms with Crippen LogP contribution in [0, 0.1) is 0 Å². The number of halogens is 3. The Labute approximate surface area is 176 Å². The minimum Gasteiger partial charge on any atom is -0.369 e. The molecule has 2 fully saturated rings. The molecule has 0 bridgehead atoms. The minimum atomic E-state index is -4.29. The van der Waals surface area contributed by atoms with Crippen LogP contribution in [-0.4, -0.2) is 66.6 Å². The predicted octanol–water partition coefficient (Wildman–Crippen LogP) is 3.93. The van der Waals surface area contributed by atoms with Crippen LogP contribution in [0.1, 0.15) is 24.1 Å². The van der Waals surface area contributed by atoms with E-state index in [0.717, 1.165) is 64.0 Å². The van der Waals surface area contributed by atoms with Crippen molar-refractivity contribution >= 4 is 5.69 Å². The van der Waals surface area contributed by atoms with Crippen LogP contribution < -0.4 is 4.90 Å². The molecule has 1 aromatic carbocycles. The van der Waals surface area contributed by atoms with Gasteiger partial charge in [0, 0.05) is 69.3 Å². The smallest absolute Gasteiger partial charge is 0.369 e. The number of hydrogen-bond acceptors (Lipinski definition) is 4. The summed E-state index contributed by atoms with van der Waals surface area (Å²) in [6.45, 7) is 6.56. The van der Waals surface area contributed by atoms with E-state index in [1.165, 1.54) is 25.0 Å². The number of aromatic nitrogens is 1. The van der Waals surface area contributed by atoms with E-state index in [1.54, 1.807) is 6.07 Å². The highest BCUT2D eigenvalue weighted by atomic mass is 19.4. The maximum Gasteiger partial charge on any atom is 0.416 e. The van der Waals surface area contributed by atoms with Gasteiger partial charge in [0.25, 0.3) is 0 Å². The lowest BCUT2D eigenvalue weighted by Gasteiger charge is -2.44. The molecule has 1 aromatic heterocycles. The molecule has 3 heterocycles. The van der Waals surface area contributed by atoms with E-state index >= 15 is 0 Å². The molecule has 2 aliphatic heterocycles. The highest BCUT2D eigenvalue weighted by Gasteiger charge is 2.32. The summed E-state index contributed by atoms with van der Waals surface area (Å²) in [5.41, 5.74) is 1.23. The maximum absolute atomic E-state index is 13.0. The first-order chi connectivity index (χ1) is 14.5. The van der Waals surface area contributed by atoms with Gasteiger partial charge in [-0.25, -0.2) is 0 Å². The zero-order chi connectivity index (χ0) is 21.0. The van der Waals surface area contributed by atoms with Crippen LogP contribution in [0.2, 0.25) is 0 Å². The number of benzene rings is 1. The van der Waals surface area contributed by atoms with Crippen molar-refractivity contribution in [3.05, 3.63) is 59.9 Å². The molecule has 2 aromatic rings. The second-order valence-electron chi connectivity index (χ2n) is 8.24. The fourth-order valence-electron chi connectivity index (χ4n) is 4.58. The van der Waals surface area contributed by atoms with E-state index in [9.17, 15) is 13.2 Å². The van der Waals surface area contributed by atoms with E-state index in [2.05, 4.69) is 25.8 Å². The first-order valence-electron chi connectivity index (χ1n) is 10.8. The summed E-state index contributed by atoms with van der Waals surface area (Å²) in [7, 11) is 0. The lowest BCUT2D eigenvalue weighted by atomic mass is 10.0. The van der Waals surface area contributed by atoms with Crippen molar-refractivity contribution in [2.24, 2.45) is 0 Å². The van der Waals surface area contributed by atoms with Crippen LogP contribution in [0.25, 0.3) is 0 Å². The lowest BCUT2D eigenvalue weighted by Crippen LogP contribution is -2.55. The average Bonchev–Trinajstić information content (AvgIpc) is 2.78. The molecule has 0 radical (unpaired) electrons. The molecule has 162 valence electrons. The summed E-state index contributed by atoms with van der Waals surface area (Å²) in [4.78, 5) is 11.5. The lowest BCUT2D eigenvalue weighted by molar-refractivity contribution is -0.137. The Morgan fingerprint density at radius 2 is 1.80 bits per heavy atom. The quantitative estimate of drug-likeness (QED) is 0.734. The van der Waals surface area contributed by atoms with Crippen molar-refractivity contribution < 1.29 is 13.2 Å². The number of nitrogens with zero attached hydrogens (tertiary/aromatic N) is 4. The van der Waals surface area contributed by atoms with Gasteiger partial charge in [-0.1, -0.05) is 12.1 Å². The number of anilines is 1. The highest BCUT2D eigenvalue weighted by molar-refractivity contribution is 5.49. The number of likely N-dealkylation sites (tertiary alicyclic amines) is 1. The molecule has 0 N–H and O–H groups in total. The number of rotatable bonds is 5. The molecule has 4 nitrogen and oxygen atoms in total. The van der Waals surface area contributed by atoms with Gasteiger partial charge >= 0.3 is 6.18 Å². The Morgan fingerprint density at radius 3 is 2.53 bits per heavy atom. The number of pyridine rings is 1. The van der Waals surface area contributed by atoms with E-state index in [-0.39, 0.29) is 0 Å². The first kappa shape index (κ1) is 21.1. The van der Waals surface area contributed by atoms with Crippen molar-refractivity contribution in [3.63, 3.8) is 0 Å². The highest BCUT2D eigenvalue weighted by Crippen LogP contribution is 2.32. The van der Waals surface area contributed by atoms with Gasteiger partial charge in [-0.05, 0) is 49.7 Å². The fourth-order valence-corrected chi connectivity index (χ4v) is 4.58. The summed E-state index contributed by atoms with van der Waals surface area (Å²) in [6, 6.07) is 12.3. The molecule has 2 saturated heterocycles. The predicted molar refractivity (Wildman–Crippen MR) is 113 cm³/mol. The van der Waals surface area contributed by atoms with E-state index < -0.39 is 11.7 Å². The van der Waals surface area contributed by atoms with Gasteiger partial charge in [0.15, 0.2) is 0 Å². The molecule has 1 atom stereocenters. The Hall–Kier alpha value is -2.12. The van der Waals surface area contributed by atoms with Gasteiger partial charge in [0.2, 0.25) is 0 Å². The largest absolute Gasteiger partial charge is 0.416 e. The van der Waals surface area contributed by atoms with Gasteiger partial charge in [0.05, 0.1) is 5.56 Å². The third kappa shape index (κ3) is 5.32. The third-order valence-corrected chi connectivity index (χ3v) is 6.26. The number of piperazine rings is 1. The number of alkyl halides is 3. The van der Waals surface area contributed by atoms with Crippen LogP contribution in [0.4, 0.5) is 18.9 Å². The normalized spacial score (nSPS) is 21.7. The van der Waals surface area contributed by atoms with Crippen molar-refractivity contribution in [3.8, 4) is 0 Å². The topological polar surface area (TPSA) is 22.6 Å². The van der Waals surface area contributed by atoms with E-state index in [0.29, 0.717) is 11.7 Å². The molecular weight excluding hydrogens is 389 g/mol. The third-order valence-electron chi connectivity index (χ3n) is 6.26. The van der Waals surface area contributed by atoms with Crippen molar-refractivity contribution in [1.82, 2.24) is 14.8 Å². The van der Waals surface area contributed by atoms with Gasteiger partial charge in [0.1, 0.15) is 0 Å². The molecule has 0 saturated carbocycles. The Kier molecular flexibility index (Phi) is 6.58. The van der Waals surface area contributed by atoms with Crippen molar-refractivity contribution in [2.75, 3.05) is 50.7 Å². The van der Waals surface area contributed by atoms with Gasteiger partial charge in [-0.3, -0.25) is 9.88 Å². The summed E-state index contributed by atoms with van der Waals surface area (Å²) in [5.74, 6) is 0. The first-order valence-corrected chi connectivity index (χ1v) is 10.8.